The fourth-order valence-electron chi connectivity index (χ4n) is 1.36. The van der Waals surface area contributed by atoms with Gasteiger partial charge in [-0.05, 0) is 25.8 Å². The van der Waals surface area contributed by atoms with Gasteiger partial charge in [0, 0.05) is 0 Å². The van der Waals surface area contributed by atoms with Crippen LogP contribution in [0, 0.1) is 0 Å². The summed E-state index contributed by atoms with van der Waals surface area (Å²) in [6.45, 7) is 7.34. The topological polar surface area (TPSA) is 20.2 Å². The number of aliphatic hydroxyl groups is 1. The van der Waals surface area contributed by atoms with Gasteiger partial charge < -0.3 is 5.11 Å². The summed E-state index contributed by atoms with van der Waals surface area (Å²) in [7, 11) is 0. The summed E-state index contributed by atoms with van der Waals surface area (Å²) in [4.78, 5) is 0. The highest BCUT2D eigenvalue weighted by Gasteiger charge is 2.36. The summed E-state index contributed by atoms with van der Waals surface area (Å²) in [5, 5.41) is 9.34. The van der Waals surface area contributed by atoms with Crippen molar-refractivity contribution in [3.05, 3.63) is 48.1 Å². The Bertz CT molecular complexity index is 404. The van der Waals surface area contributed by atoms with Gasteiger partial charge in [-0.1, -0.05) is 24.8 Å². The molecule has 0 rings (SSSR count). The van der Waals surface area contributed by atoms with Crippen LogP contribution in [0.4, 0.5) is 22.0 Å². The molecule has 0 amide bonds. The number of halogens is 5. The Balaban J connectivity index is 4.84. The molecule has 0 saturated carbocycles. The minimum atomic E-state index is -4.91. The van der Waals surface area contributed by atoms with Crippen molar-refractivity contribution in [2.24, 2.45) is 0 Å². The van der Waals surface area contributed by atoms with Gasteiger partial charge in [0.15, 0.2) is 0 Å². The Morgan fingerprint density at radius 2 is 1.84 bits per heavy atom. The highest BCUT2D eigenvalue weighted by Crippen LogP contribution is 2.31. The van der Waals surface area contributed by atoms with E-state index in [1.807, 2.05) is 0 Å². The SMILES string of the molecule is C=C/C(=C(/F)C(O)CC/C(C)=C\C(=C)F)C(F)(F)F. The quantitative estimate of drug-likeness (QED) is 0.560. The number of hydrogen-bond donors (Lipinski definition) is 1. The maximum Gasteiger partial charge on any atom is 0.418 e. The van der Waals surface area contributed by atoms with Crippen LogP contribution in [0.2, 0.25) is 0 Å². The largest absolute Gasteiger partial charge is 0.418 e. The van der Waals surface area contributed by atoms with Crippen LogP contribution in [-0.2, 0) is 0 Å². The third-order valence-electron chi connectivity index (χ3n) is 2.27. The Hall–Kier alpha value is -1.43. The monoisotopic (exact) mass is 282 g/mol. The maximum atomic E-state index is 13.4. The van der Waals surface area contributed by atoms with Gasteiger partial charge in [-0.3, -0.25) is 0 Å². The Morgan fingerprint density at radius 1 is 1.32 bits per heavy atom. The first-order valence-corrected chi connectivity index (χ1v) is 5.38. The summed E-state index contributed by atoms with van der Waals surface area (Å²) >= 11 is 0. The van der Waals surface area contributed by atoms with E-state index in [-0.39, 0.29) is 12.8 Å². The number of aliphatic hydroxyl groups excluding tert-OH is 1. The lowest BCUT2D eigenvalue weighted by molar-refractivity contribution is -0.0913. The number of allylic oxidation sites excluding steroid dienone is 5. The van der Waals surface area contributed by atoms with Gasteiger partial charge in [-0.2, -0.15) is 13.2 Å². The predicted molar refractivity (Wildman–Crippen MR) is 63.6 cm³/mol. The molecule has 0 bridgehead atoms. The van der Waals surface area contributed by atoms with Crippen molar-refractivity contribution < 1.29 is 27.1 Å². The van der Waals surface area contributed by atoms with Crippen molar-refractivity contribution in [3.8, 4) is 0 Å². The molecular formula is C13H15F5O. The Labute approximate surface area is 108 Å². The lowest BCUT2D eigenvalue weighted by Crippen LogP contribution is -2.18. The molecule has 0 aromatic heterocycles. The van der Waals surface area contributed by atoms with Gasteiger partial charge >= 0.3 is 6.18 Å². The smallest absolute Gasteiger partial charge is 0.386 e. The van der Waals surface area contributed by atoms with Gasteiger partial charge in [-0.15, -0.1) is 0 Å². The second-order valence-electron chi connectivity index (χ2n) is 3.96. The molecule has 0 aliphatic rings. The molecule has 0 spiro atoms. The summed E-state index contributed by atoms with van der Waals surface area (Å²) in [5.41, 5.74) is -1.16. The standard InChI is InChI=1S/C13H15F5O/c1-4-10(13(16,17)18)12(15)11(19)6-5-8(2)7-9(3)14/h4,7,11,19H,1,3,5-6H2,2H3/b8-7-,12-10-. The van der Waals surface area contributed by atoms with E-state index in [4.69, 9.17) is 0 Å². The minimum Gasteiger partial charge on any atom is -0.386 e. The second-order valence-corrected chi connectivity index (χ2v) is 3.96. The van der Waals surface area contributed by atoms with Gasteiger partial charge in [-0.25, -0.2) is 8.78 Å². The zero-order valence-electron chi connectivity index (χ0n) is 10.4. The molecule has 1 unspecified atom stereocenters. The molecule has 0 saturated heterocycles. The normalized spacial score (nSPS) is 15.8. The number of alkyl halides is 3. The summed E-state index contributed by atoms with van der Waals surface area (Å²) in [5.74, 6) is -2.40. The molecule has 0 heterocycles. The molecule has 1 atom stereocenters. The van der Waals surface area contributed by atoms with E-state index in [1.54, 1.807) is 0 Å². The molecular weight excluding hydrogens is 267 g/mol. The van der Waals surface area contributed by atoms with Crippen molar-refractivity contribution in [2.45, 2.75) is 32.0 Å². The summed E-state index contributed by atoms with van der Waals surface area (Å²) in [6.07, 6.45) is -5.71. The average Bonchev–Trinajstić information content (AvgIpc) is 2.23. The molecule has 0 fully saturated rings. The van der Waals surface area contributed by atoms with Gasteiger partial charge in [0.05, 0.1) is 5.57 Å². The summed E-state index contributed by atoms with van der Waals surface area (Å²) in [6, 6.07) is 0. The van der Waals surface area contributed by atoms with Crippen molar-refractivity contribution in [3.63, 3.8) is 0 Å². The minimum absolute atomic E-state index is 0.0415. The van der Waals surface area contributed by atoms with Crippen molar-refractivity contribution in [2.75, 3.05) is 0 Å². The molecule has 0 aliphatic heterocycles. The van der Waals surface area contributed by atoms with E-state index in [2.05, 4.69) is 13.2 Å². The Kier molecular flexibility index (Phi) is 6.69. The lowest BCUT2D eigenvalue weighted by Gasteiger charge is -2.14. The summed E-state index contributed by atoms with van der Waals surface area (Å²) < 4.78 is 62.8. The molecule has 0 aliphatic carbocycles. The molecule has 6 heteroatoms. The van der Waals surface area contributed by atoms with E-state index in [0.29, 0.717) is 11.6 Å². The van der Waals surface area contributed by atoms with Crippen molar-refractivity contribution in [1.29, 1.82) is 0 Å². The molecule has 1 nitrogen and oxygen atoms in total. The van der Waals surface area contributed by atoms with Gasteiger partial charge in [0.2, 0.25) is 0 Å². The highest BCUT2D eigenvalue weighted by atomic mass is 19.4. The molecule has 0 radical (unpaired) electrons. The van der Waals surface area contributed by atoms with Gasteiger partial charge in [0.1, 0.15) is 17.8 Å². The molecule has 0 aromatic rings. The fraction of sp³-hybridized carbons (Fsp3) is 0.385. The van der Waals surface area contributed by atoms with E-state index in [0.717, 1.165) is 6.08 Å². The number of hydrogen-bond acceptors (Lipinski definition) is 1. The van der Waals surface area contributed by atoms with Crippen LogP contribution in [0.1, 0.15) is 19.8 Å². The van der Waals surface area contributed by atoms with E-state index in [9.17, 15) is 27.1 Å². The first kappa shape index (κ1) is 17.6. The van der Waals surface area contributed by atoms with E-state index in [1.165, 1.54) is 6.92 Å². The predicted octanol–water partition coefficient (Wildman–Crippen LogP) is 4.53. The zero-order chi connectivity index (χ0) is 15.2. The molecule has 19 heavy (non-hydrogen) atoms. The first-order valence-electron chi connectivity index (χ1n) is 5.38. The second kappa shape index (κ2) is 7.23. The van der Waals surface area contributed by atoms with Crippen LogP contribution in [0.15, 0.2) is 48.1 Å². The maximum absolute atomic E-state index is 13.4. The Morgan fingerprint density at radius 3 is 2.21 bits per heavy atom. The fourth-order valence-corrected chi connectivity index (χ4v) is 1.36. The van der Waals surface area contributed by atoms with Crippen LogP contribution < -0.4 is 0 Å². The van der Waals surface area contributed by atoms with Crippen molar-refractivity contribution >= 4 is 0 Å². The van der Waals surface area contributed by atoms with Crippen LogP contribution >= 0.6 is 0 Å². The van der Waals surface area contributed by atoms with Gasteiger partial charge in [0.25, 0.3) is 0 Å². The first-order chi connectivity index (χ1) is 8.59. The lowest BCUT2D eigenvalue weighted by atomic mass is 10.0. The molecule has 1 N–H and O–H groups in total. The molecule has 0 aromatic carbocycles. The zero-order valence-corrected chi connectivity index (χ0v) is 10.4. The third-order valence-corrected chi connectivity index (χ3v) is 2.27. The average molecular weight is 282 g/mol. The van der Waals surface area contributed by atoms with Crippen LogP contribution in [-0.4, -0.2) is 17.4 Å². The van der Waals surface area contributed by atoms with Crippen molar-refractivity contribution in [1.82, 2.24) is 0 Å². The van der Waals surface area contributed by atoms with Crippen LogP contribution in [0.5, 0.6) is 0 Å². The molecule has 108 valence electrons. The third kappa shape index (κ3) is 6.33. The highest BCUT2D eigenvalue weighted by molar-refractivity contribution is 5.27. The van der Waals surface area contributed by atoms with E-state index < -0.39 is 29.5 Å². The number of rotatable bonds is 6. The van der Waals surface area contributed by atoms with E-state index >= 15 is 0 Å². The van der Waals surface area contributed by atoms with Crippen LogP contribution in [0.3, 0.4) is 0 Å². The van der Waals surface area contributed by atoms with Crippen LogP contribution in [0.25, 0.3) is 0 Å².